The van der Waals surface area contributed by atoms with Gasteiger partial charge in [0.25, 0.3) is 0 Å². The molecule has 23 heavy (non-hydrogen) atoms. The number of nitrogens with zero attached hydrogens (tertiary/aromatic N) is 3. The molecule has 1 aliphatic carbocycles. The predicted molar refractivity (Wildman–Crippen MR) is 87.0 cm³/mol. The molecule has 0 saturated heterocycles. The summed E-state index contributed by atoms with van der Waals surface area (Å²) in [6.45, 7) is 1.97. The molecule has 5 heteroatoms. The Morgan fingerprint density at radius 1 is 1.17 bits per heavy atom. The molecule has 3 aromatic rings. The highest BCUT2D eigenvalue weighted by atomic mass is 16.5. The van der Waals surface area contributed by atoms with E-state index in [-0.39, 0.29) is 5.78 Å². The van der Waals surface area contributed by atoms with Crippen LogP contribution in [0.3, 0.4) is 0 Å². The molecular formula is C18H17N3O2. The Labute approximate surface area is 133 Å². The third-order valence-corrected chi connectivity index (χ3v) is 4.36. The third-order valence-electron chi connectivity index (χ3n) is 4.36. The third kappa shape index (κ3) is 2.20. The van der Waals surface area contributed by atoms with E-state index in [1.165, 1.54) is 0 Å². The van der Waals surface area contributed by atoms with Crippen molar-refractivity contribution in [3.05, 3.63) is 47.4 Å². The molecule has 2 aromatic heterocycles. The predicted octanol–water partition coefficient (Wildman–Crippen LogP) is 3.23. The second-order valence-corrected chi connectivity index (χ2v) is 5.84. The van der Waals surface area contributed by atoms with Gasteiger partial charge in [-0.2, -0.15) is 5.10 Å². The monoisotopic (exact) mass is 307 g/mol. The van der Waals surface area contributed by atoms with Crippen LogP contribution in [0.25, 0.3) is 16.8 Å². The lowest BCUT2D eigenvalue weighted by molar-refractivity contribution is 0.0971. The maximum atomic E-state index is 12.1. The molecular weight excluding hydrogens is 290 g/mol. The Balaban J connectivity index is 1.92. The van der Waals surface area contributed by atoms with Gasteiger partial charge >= 0.3 is 0 Å². The van der Waals surface area contributed by atoms with Crippen LogP contribution in [-0.2, 0) is 6.42 Å². The van der Waals surface area contributed by atoms with Crippen molar-refractivity contribution in [3.63, 3.8) is 0 Å². The van der Waals surface area contributed by atoms with Crippen molar-refractivity contribution in [2.45, 2.75) is 26.2 Å². The van der Waals surface area contributed by atoms with Gasteiger partial charge in [-0.15, -0.1) is 0 Å². The van der Waals surface area contributed by atoms with E-state index in [1.807, 2.05) is 37.4 Å². The van der Waals surface area contributed by atoms with Crippen LogP contribution in [0.15, 0.2) is 30.5 Å². The van der Waals surface area contributed by atoms with Crippen molar-refractivity contribution in [1.29, 1.82) is 0 Å². The van der Waals surface area contributed by atoms with Gasteiger partial charge in [-0.25, -0.2) is 9.50 Å². The van der Waals surface area contributed by atoms with Crippen molar-refractivity contribution in [2.24, 2.45) is 0 Å². The Kier molecular flexibility index (Phi) is 3.15. The van der Waals surface area contributed by atoms with Gasteiger partial charge in [0.2, 0.25) is 0 Å². The zero-order valence-electron chi connectivity index (χ0n) is 13.2. The standard InChI is InChI=1S/C18H17N3O2/c1-11-17(12-6-8-13(23-2)9-7-12)18-19-15-4-3-5-16(22)14(15)10-21(18)20-11/h6-10H,3-5H2,1-2H3. The van der Waals surface area contributed by atoms with E-state index < -0.39 is 0 Å². The second-order valence-electron chi connectivity index (χ2n) is 5.84. The number of aryl methyl sites for hydroxylation is 2. The molecule has 1 aliphatic rings. The normalized spacial score (nSPS) is 14.1. The number of hydrogen-bond acceptors (Lipinski definition) is 4. The molecule has 116 valence electrons. The van der Waals surface area contributed by atoms with Gasteiger partial charge < -0.3 is 4.74 Å². The minimum Gasteiger partial charge on any atom is -0.497 e. The summed E-state index contributed by atoms with van der Waals surface area (Å²) >= 11 is 0. The molecule has 0 unspecified atom stereocenters. The van der Waals surface area contributed by atoms with Crippen LogP contribution in [0.1, 0.15) is 34.6 Å². The zero-order valence-corrected chi connectivity index (χ0v) is 13.2. The van der Waals surface area contributed by atoms with Crippen LogP contribution < -0.4 is 4.74 Å². The van der Waals surface area contributed by atoms with Crippen molar-refractivity contribution in [3.8, 4) is 16.9 Å². The Morgan fingerprint density at radius 3 is 2.70 bits per heavy atom. The van der Waals surface area contributed by atoms with E-state index in [1.54, 1.807) is 11.6 Å². The van der Waals surface area contributed by atoms with Crippen LogP contribution >= 0.6 is 0 Å². The smallest absolute Gasteiger partial charge is 0.166 e. The van der Waals surface area contributed by atoms with E-state index in [2.05, 4.69) is 5.10 Å². The first-order valence-corrected chi connectivity index (χ1v) is 7.74. The number of rotatable bonds is 2. The van der Waals surface area contributed by atoms with Crippen molar-refractivity contribution < 1.29 is 9.53 Å². The zero-order chi connectivity index (χ0) is 16.0. The average molecular weight is 307 g/mol. The van der Waals surface area contributed by atoms with Gasteiger partial charge in [0.15, 0.2) is 11.4 Å². The van der Waals surface area contributed by atoms with Crippen LogP contribution in [0.5, 0.6) is 5.75 Å². The fourth-order valence-electron chi connectivity index (χ4n) is 3.19. The van der Waals surface area contributed by atoms with E-state index in [0.29, 0.717) is 12.0 Å². The number of methoxy groups -OCH3 is 1. The van der Waals surface area contributed by atoms with Crippen molar-refractivity contribution in [2.75, 3.05) is 7.11 Å². The van der Waals surface area contributed by atoms with Crippen LogP contribution in [0, 0.1) is 6.92 Å². The number of benzene rings is 1. The Hall–Kier alpha value is -2.69. The summed E-state index contributed by atoms with van der Waals surface area (Å²) in [4.78, 5) is 16.8. The maximum Gasteiger partial charge on any atom is 0.166 e. The number of carbonyl (C=O) groups is 1. The number of Topliss-reactive ketones (excluding diaryl/α,β-unsaturated/α-hetero) is 1. The highest BCUT2D eigenvalue weighted by Gasteiger charge is 2.22. The molecule has 0 radical (unpaired) electrons. The van der Waals surface area contributed by atoms with E-state index in [0.717, 1.165) is 46.8 Å². The molecule has 0 saturated carbocycles. The SMILES string of the molecule is COc1ccc(-c2c(C)nn3cc4c(nc23)CCCC4=O)cc1. The fourth-order valence-corrected chi connectivity index (χ4v) is 3.19. The lowest BCUT2D eigenvalue weighted by Gasteiger charge is -2.13. The fraction of sp³-hybridized carbons (Fsp3) is 0.278. The molecule has 0 spiro atoms. The molecule has 5 nitrogen and oxygen atoms in total. The largest absolute Gasteiger partial charge is 0.497 e. The number of hydrogen-bond donors (Lipinski definition) is 0. The number of ketones is 1. The molecule has 0 atom stereocenters. The summed E-state index contributed by atoms with van der Waals surface area (Å²) in [5.74, 6) is 0.985. The summed E-state index contributed by atoms with van der Waals surface area (Å²) in [7, 11) is 1.65. The van der Waals surface area contributed by atoms with Gasteiger partial charge in [0.1, 0.15) is 5.75 Å². The summed E-state index contributed by atoms with van der Waals surface area (Å²) in [6, 6.07) is 7.88. The number of aromatic nitrogens is 3. The van der Waals surface area contributed by atoms with Gasteiger partial charge in [-0.3, -0.25) is 4.79 Å². The lowest BCUT2D eigenvalue weighted by atomic mass is 9.96. The van der Waals surface area contributed by atoms with Gasteiger partial charge in [-0.1, -0.05) is 12.1 Å². The van der Waals surface area contributed by atoms with E-state index >= 15 is 0 Å². The second kappa shape index (κ2) is 5.19. The van der Waals surface area contributed by atoms with Crippen LogP contribution in [0.4, 0.5) is 0 Å². The average Bonchev–Trinajstić information content (AvgIpc) is 2.88. The number of carbonyl (C=O) groups excluding carboxylic acids is 1. The van der Waals surface area contributed by atoms with Crippen molar-refractivity contribution in [1.82, 2.24) is 14.6 Å². The first kappa shape index (κ1) is 13.9. The summed E-state index contributed by atoms with van der Waals surface area (Å²) in [6.07, 6.45) is 4.16. The molecule has 0 bridgehead atoms. The topological polar surface area (TPSA) is 56.5 Å². The Morgan fingerprint density at radius 2 is 1.96 bits per heavy atom. The molecule has 4 rings (SSSR count). The Bertz CT molecular complexity index is 910. The number of ether oxygens (including phenoxy) is 1. The van der Waals surface area contributed by atoms with Crippen molar-refractivity contribution >= 4 is 11.4 Å². The lowest BCUT2D eigenvalue weighted by Crippen LogP contribution is -2.14. The molecule has 0 fully saturated rings. The van der Waals surface area contributed by atoms with Crippen LogP contribution in [-0.4, -0.2) is 27.5 Å². The first-order chi connectivity index (χ1) is 11.2. The summed E-state index contributed by atoms with van der Waals surface area (Å²) in [5, 5.41) is 4.55. The van der Waals surface area contributed by atoms with Crippen LogP contribution in [0.2, 0.25) is 0 Å². The van der Waals surface area contributed by atoms with Gasteiger partial charge in [0, 0.05) is 18.2 Å². The van der Waals surface area contributed by atoms with Gasteiger partial charge in [0.05, 0.1) is 24.1 Å². The van der Waals surface area contributed by atoms with E-state index in [9.17, 15) is 4.79 Å². The summed E-state index contributed by atoms with van der Waals surface area (Å²) in [5.41, 5.74) is 5.37. The summed E-state index contributed by atoms with van der Waals surface area (Å²) < 4.78 is 6.95. The molecule has 0 amide bonds. The highest BCUT2D eigenvalue weighted by Crippen LogP contribution is 2.30. The quantitative estimate of drug-likeness (QED) is 0.729. The number of fused-ring (bicyclic) bond motifs is 2. The minimum atomic E-state index is 0.166. The maximum absolute atomic E-state index is 12.1. The van der Waals surface area contributed by atoms with Gasteiger partial charge in [-0.05, 0) is 37.5 Å². The first-order valence-electron chi connectivity index (χ1n) is 7.74. The molecule has 0 N–H and O–H groups in total. The molecule has 0 aliphatic heterocycles. The van der Waals surface area contributed by atoms with E-state index in [4.69, 9.17) is 9.72 Å². The molecule has 2 heterocycles. The minimum absolute atomic E-state index is 0.166. The highest BCUT2D eigenvalue weighted by molar-refractivity contribution is 5.98. The molecule has 1 aromatic carbocycles.